The molecular weight excluding hydrogens is 498 g/mol. The lowest BCUT2D eigenvalue weighted by Gasteiger charge is -2.18. The van der Waals surface area contributed by atoms with Crippen molar-refractivity contribution >= 4 is 28.9 Å². The molecule has 0 aromatic heterocycles. The maximum Gasteiger partial charge on any atom is 0.416 e. The summed E-state index contributed by atoms with van der Waals surface area (Å²) in [6.07, 6.45) is -7.58. The number of amidine groups is 1. The number of rotatable bonds is 7. The average Bonchev–Trinajstić information content (AvgIpc) is 3.14. The number of hydrogen-bond donors (Lipinski definition) is 1. The molecule has 0 unspecified atom stereocenters. The summed E-state index contributed by atoms with van der Waals surface area (Å²) in [5.74, 6) is 0.753. The molecule has 0 saturated carbocycles. The third-order valence-corrected chi connectivity index (χ3v) is 5.52. The fraction of sp³-hybridized carbons (Fsp3) is 0.304. The van der Waals surface area contributed by atoms with Gasteiger partial charge < -0.3 is 14.8 Å². The van der Waals surface area contributed by atoms with Gasteiger partial charge in [-0.05, 0) is 54.1 Å². The van der Waals surface area contributed by atoms with Crippen LogP contribution in [0.15, 0.2) is 46.3 Å². The van der Waals surface area contributed by atoms with Crippen LogP contribution in [0.1, 0.15) is 35.6 Å². The number of benzene rings is 2. The Kier molecular flexibility index (Phi) is 8.04. The zero-order valence-electron chi connectivity index (χ0n) is 18.5. The van der Waals surface area contributed by atoms with E-state index in [-0.39, 0.29) is 22.8 Å². The first-order valence-electron chi connectivity index (χ1n) is 10.3. The van der Waals surface area contributed by atoms with Crippen molar-refractivity contribution in [2.24, 2.45) is 4.99 Å². The minimum absolute atomic E-state index is 0.0733. The molecule has 3 rings (SSSR count). The van der Waals surface area contributed by atoms with E-state index in [0.717, 1.165) is 17.8 Å². The van der Waals surface area contributed by atoms with E-state index >= 15 is 0 Å². The largest absolute Gasteiger partial charge is 0.490 e. The molecule has 188 valence electrons. The zero-order valence-corrected chi connectivity index (χ0v) is 19.3. The first-order valence-corrected chi connectivity index (χ1v) is 11.1. The Hall–Kier alpha value is -3.15. The van der Waals surface area contributed by atoms with Crippen LogP contribution < -0.4 is 14.8 Å². The number of nitrogens with one attached hydrogen (secondary N) is 1. The summed E-state index contributed by atoms with van der Waals surface area (Å²) in [6, 6.07) is 6.08. The van der Waals surface area contributed by atoms with Crippen LogP contribution in [0.4, 0.5) is 31.1 Å². The normalized spacial score (nSPS) is 15.4. The summed E-state index contributed by atoms with van der Waals surface area (Å²) in [5.41, 5.74) is -2.65. The van der Waals surface area contributed by atoms with Gasteiger partial charge in [0.05, 0.1) is 22.6 Å². The molecule has 0 bridgehead atoms. The van der Waals surface area contributed by atoms with Crippen molar-refractivity contribution in [1.29, 1.82) is 0 Å². The Bertz CT molecular complexity index is 1160. The van der Waals surface area contributed by atoms with E-state index in [0.29, 0.717) is 35.4 Å². The molecule has 1 amide bonds. The molecule has 0 radical (unpaired) electrons. The number of likely N-dealkylation sites (N-methyl/N-ethyl adjacent to an activating group) is 1. The number of alkyl halides is 6. The first-order chi connectivity index (χ1) is 16.4. The van der Waals surface area contributed by atoms with Gasteiger partial charge in [0, 0.05) is 12.6 Å². The predicted octanol–water partition coefficient (Wildman–Crippen LogP) is 6.92. The molecule has 35 heavy (non-hydrogen) atoms. The number of carbonyl (C=O) groups is 1. The lowest BCUT2D eigenvalue weighted by atomic mass is 10.0. The van der Waals surface area contributed by atoms with Gasteiger partial charge in [-0.2, -0.15) is 31.3 Å². The van der Waals surface area contributed by atoms with Crippen LogP contribution in [0.2, 0.25) is 0 Å². The van der Waals surface area contributed by atoms with Crippen molar-refractivity contribution in [3.8, 4) is 11.5 Å². The Labute approximate surface area is 201 Å². The highest BCUT2D eigenvalue weighted by Gasteiger charge is 2.38. The Morgan fingerprint density at radius 3 is 2.37 bits per heavy atom. The van der Waals surface area contributed by atoms with Crippen molar-refractivity contribution in [3.63, 3.8) is 0 Å². The van der Waals surface area contributed by atoms with Crippen LogP contribution >= 0.6 is 11.8 Å². The molecule has 5 nitrogen and oxygen atoms in total. The summed E-state index contributed by atoms with van der Waals surface area (Å²) < 4.78 is 90.2. The molecule has 1 heterocycles. The number of halogens is 6. The van der Waals surface area contributed by atoms with Gasteiger partial charge >= 0.3 is 17.6 Å². The Morgan fingerprint density at radius 1 is 1.00 bits per heavy atom. The zero-order chi connectivity index (χ0) is 25.8. The van der Waals surface area contributed by atoms with Gasteiger partial charge in [-0.25, -0.2) is 0 Å². The number of ether oxygens (including phenoxy) is 2. The predicted molar refractivity (Wildman–Crippen MR) is 120 cm³/mol. The quantitative estimate of drug-likeness (QED) is 0.404. The molecule has 1 aliphatic heterocycles. The number of carbonyl (C=O) groups excluding carboxylic acids is 1. The number of amides is 1. The van der Waals surface area contributed by atoms with Crippen LogP contribution in [0, 0.1) is 0 Å². The van der Waals surface area contributed by atoms with Gasteiger partial charge in [0.2, 0.25) is 0 Å². The Balaban J connectivity index is 1.89. The summed E-state index contributed by atoms with van der Waals surface area (Å²) >= 11 is 0.933. The molecule has 0 spiro atoms. The summed E-state index contributed by atoms with van der Waals surface area (Å²) in [5, 5.41) is 2.44. The highest BCUT2D eigenvalue weighted by atomic mass is 32.2. The number of nitrogens with zero attached hydrogens (tertiary/aromatic N) is 1. The summed E-state index contributed by atoms with van der Waals surface area (Å²) in [7, 11) is 1.62. The van der Waals surface area contributed by atoms with Gasteiger partial charge in [0.1, 0.15) is 12.4 Å². The second-order valence-corrected chi connectivity index (χ2v) is 8.29. The monoisotopic (exact) mass is 518 g/mol. The van der Waals surface area contributed by atoms with Crippen molar-refractivity contribution in [3.05, 3.63) is 63.6 Å². The molecule has 1 N–H and O–H groups in total. The van der Waals surface area contributed by atoms with Crippen molar-refractivity contribution in [2.45, 2.75) is 32.3 Å². The maximum absolute atomic E-state index is 13.4. The summed E-state index contributed by atoms with van der Waals surface area (Å²) in [6.45, 7) is 1.53. The van der Waals surface area contributed by atoms with Crippen LogP contribution in [-0.4, -0.2) is 24.7 Å². The number of thioether (sulfide) groups is 1. The van der Waals surface area contributed by atoms with E-state index in [1.54, 1.807) is 25.3 Å². The van der Waals surface area contributed by atoms with Crippen LogP contribution in [0.25, 0.3) is 6.08 Å². The van der Waals surface area contributed by atoms with Crippen molar-refractivity contribution < 1.29 is 40.6 Å². The molecule has 0 aliphatic carbocycles. The fourth-order valence-corrected chi connectivity index (χ4v) is 3.86. The van der Waals surface area contributed by atoms with Crippen molar-refractivity contribution in [1.82, 2.24) is 5.32 Å². The Morgan fingerprint density at radius 2 is 1.74 bits per heavy atom. The topological polar surface area (TPSA) is 59.9 Å². The molecule has 2 aromatic rings. The third kappa shape index (κ3) is 6.71. The standard InChI is InChI=1S/C23H20F6N2O3S/c1-3-8-33-18-9-13(10-19-20(30-2)31-21(32)35-19)4-7-17(18)34-12-14-5-6-15(22(24,25)26)11-16(14)23(27,28)29/h4-7,9-11H,3,8,12H2,1-2H3,(H,30,31,32)/b19-10-. The lowest BCUT2D eigenvalue weighted by molar-refractivity contribution is -0.143. The summed E-state index contributed by atoms with van der Waals surface area (Å²) in [4.78, 5) is 16.0. The third-order valence-electron chi connectivity index (χ3n) is 4.72. The van der Waals surface area contributed by atoms with E-state index in [1.807, 2.05) is 6.92 Å². The van der Waals surface area contributed by atoms with Crippen LogP contribution in [0.3, 0.4) is 0 Å². The number of hydrogen-bond acceptors (Lipinski definition) is 5. The highest BCUT2D eigenvalue weighted by molar-refractivity contribution is 8.18. The van der Waals surface area contributed by atoms with Crippen LogP contribution in [-0.2, 0) is 19.0 Å². The second-order valence-electron chi connectivity index (χ2n) is 7.30. The SMILES string of the molecule is CCCOc1cc(/C=C2\SC(=O)N=C2NC)ccc1OCc1ccc(C(F)(F)F)cc1C(F)(F)F. The van der Waals surface area contributed by atoms with Gasteiger partial charge in [-0.15, -0.1) is 0 Å². The molecule has 2 aromatic carbocycles. The molecule has 1 aliphatic rings. The smallest absolute Gasteiger partial charge is 0.416 e. The van der Waals surface area contributed by atoms with Gasteiger partial charge in [0.25, 0.3) is 0 Å². The van der Waals surface area contributed by atoms with E-state index in [1.165, 1.54) is 6.07 Å². The molecule has 0 fully saturated rings. The molecular formula is C23H20F6N2O3S. The number of aliphatic imine (C=N–C) groups is 1. The minimum atomic E-state index is -5.00. The van der Waals surface area contributed by atoms with E-state index in [9.17, 15) is 31.1 Å². The van der Waals surface area contributed by atoms with E-state index in [2.05, 4.69) is 10.3 Å². The molecule has 0 atom stereocenters. The minimum Gasteiger partial charge on any atom is -0.490 e. The fourth-order valence-electron chi connectivity index (χ4n) is 3.10. The first kappa shape index (κ1) is 26.5. The van der Waals surface area contributed by atoms with Gasteiger partial charge in [-0.3, -0.25) is 4.79 Å². The van der Waals surface area contributed by atoms with E-state index in [4.69, 9.17) is 9.47 Å². The van der Waals surface area contributed by atoms with Crippen molar-refractivity contribution in [2.75, 3.05) is 13.7 Å². The second kappa shape index (κ2) is 10.6. The maximum atomic E-state index is 13.4. The lowest BCUT2D eigenvalue weighted by Crippen LogP contribution is -2.16. The molecule has 0 saturated heterocycles. The highest BCUT2D eigenvalue weighted by Crippen LogP contribution is 2.38. The van der Waals surface area contributed by atoms with Gasteiger partial charge in [-0.1, -0.05) is 19.1 Å². The van der Waals surface area contributed by atoms with Crippen LogP contribution in [0.5, 0.6) is 11.5 Å². The average molecular weight is 518 g/mol. The van der Waals surface area contributed by atoms with E-state index < -0.39 is 35.6 Å². The van der Waals surface area contributed by atoms with Gasteiger partial charge in [0.15, 0.2) is 11.5 Å². The molecule has 12 heteroatoms.